The molecular formula is C16H18N4O. The predicted molar refractivity (Wildman–Crippen MR) is 79.0 cm³/mol. The van der Waals surface area contributed by atoms with Crippen LogP contribution in [0.3, 0.4) is 0 Å². The lowest BCUT2D eigenvalue weighted by Gasteiger charge is -1.97. The highest BCUT2D eigenvalue weighted by Gasteiger charge is 2.14. The molecule has 0 N–H and O–H groups in total. The van der Waals surface area contributed by atoms with Gasteiger partial charge in [-0.15, -0.1) is 0 Å². The summed E-state index contributed by atoms with van der Waals surface area (Å²) in [7, 11) is 1.94. The molecule has 0 fully saturated rings. The predicted octanol–water partition coefficient (Wildman–Crippen LogP) is 2.60. The van der Waals surface area contributed by atoms with Crippen LogP contribution in [0.15, 0.2) is 34.9 Å². The average Bonchev–Trinajstić information content (AvgIpc) is 3.00. The van der Waals surface area contributed by atoms with Crippen LogP contribution in [0.1, 0.15) is 34.2 Å². The van der Waals surface area contributed by atoms with Gasteiger partial charge in [-0.3, -0.25) is 4.68 Å². The van der Waals surface area contributed by atoms with E-state index in [9.17, 15) is 0 Å². The Morgan fingerprint density at radius 3 is 2.52 bits per heavy atom. The number of benzene rings is 1. The molecule has 5 heteroatoms. The van der Waals surface area contributed by atoms with Crippen LogP contribution in [0.4, 0.5) is 0 Å². The molecule has 0 aliphatic rings. The molecule has 0 atom stereocenters. The van der Waals surface area contributed by atoms with E-state index in [4.69, 9.17) is 4.52 Å². The summed E-state index contributed by atoms with van der Waals surface area (Å²) in [6.07, 6.45) is 1.32. The van der Waals surface area contributed by atoms with Gasteiger partial charge in [-0.2, -0.15) is 10.1 Å². The second-order valence-corrected chi connectivity index (χ2v) is 5.22. The lowest BCUT2D eigenvalue weighted by Crippen LogP contribution is -1.96. The Morgan fingerprint density at radius 2 is 1.86 bits per heavy atom. The molecule has 0 saturated heterocycles. The van der Waals surface area contributed by atoms with Crippen LogP contribution in [0.5, 0.6) is 0 Å². The molecule has 0 amide bonds. The zero-order valence-corrected chi connectivity index (χ0v) is 12.5. The number of rotatable bonds is 4. The Labute approximate surface area is 123 Å². The summed E-state index contributed by atoms with van der Waals surface area (Å²) in [5, 5.41) is 8.47. The van der Waals surface area contributed by atoms with Gasteiger partial charge in [-0.05, 0) is 19.4 Å². The molecule has 0 saturated carbocycles. The molecule has 0 bridgehead atoms. The highest BCUT2D eigenvalue weighted by molar-refractivity contribution is 5.27. The Bertz CT molecular complexity index is 743. The fourth-order valence-corrected chi connectivity index (χ4v) is 2.44. The second-order valence-electron chi connectivity index (χ2n) is 5.22. The first kappa shape index (κ1) is 13.5. The molecule has 21 heavy (non-hydrogen) atoms. The minimum atomic E-state index is 0.632. The maximum absolute atomic E-state index is 5.36. The Kier molecular flexibility index (Phi) is 3.56. The van der Waals surface area contributed by atoms with Crippen molar-refractivity contribution in [2.24, 2.45) is 7.05 Å². The van der Waals surface area contributed by atoms with Gasteiger partial charge in [0.25, 0.3) is 0 Å². The van der Waals surface area contributed by atoms with E-state index in [0.29, 0.717) is 18.7 Å². The molecule has 0 aliphatic carbocycles. The molecule has 3 rings (SSSR count). The lowest BCUT2D eigenvalue weighted by molar-refractivity contribution is 0.380. The summed E-state index contributed by atoms with van der Waals surface area (Å²) in [5.74, 6) is 1.36. The Hall–Kier alpha value is -2.43. The zero-order valence-electron chi connectivity index (χ0n) is 12.5. The number of nitrogens with zero attached hydrogens (tertiary/aromatic N) is 4. The van der Waals surface area contributed by atoms with E-state index in [1.807, 2.05) is 36.9 Å². The molecule has 108 valence electrons. The van der Waals surface area contributed by atoms with Crippen LogP contribution in [0, 0.1) is 13.8 Å². The fraction of sp³-hybridized carbons (Fsp3) is 0.312. The summed E-state index contributed by atoms with van der Waals surface area (Å²) >= 11 is 0. The lowest BCUT2D eigenvalue weighted by atomic mass is 10.1. The molecule has 5 nitrogen and oxygen atoms in total. The third kappa shape index (κ3) is 2.86. The Balaban J connectivity index is 1.76. The minimum Gasteiger partial charge on any atom is -0.339 e. The van der Waals surface area contributed by atoms with Crippen molar-refractivity contribution < 1.29 is 4.52 Å². The summed E-state index contributed by atoms with van der Waals surface area (Å²) in [5.41, 5.74) is 4.49. The standard InChI is InChI=1S/C16H18N4O/c1-11-14(12(2)20(3)18-11)10-16-17-15(19-21-16)9-13-7-5-4-6-8-13/h4-8H,9-10H2,1-3H3. The minimum absolute atomic E-state index is 0.632. The van der Waals surface area contributed by atoms with E-state index >= 15 is 0 Å². The van der Waals surface area contributed by atoms with Crippen molar-refractivity contribution >= 4 is 0 Å². The van der Waals surface area contributed by atoms with Crippen molar-refractivity contribution in [3.63, 3.8) is 0 Å². The number of hydrogen-bond acceptors (Lipinski definition) is 4. The molecule has 2 aromatic heterocycles. The first-order valence-corrected chi connectivity index (χ1v) is 6.98. The quantitative estimate of drug-likeness (QED) is 0.738. The number of aryl methyl sites for hydroxylation is 2. The van der Waals surface area contributed by atoms with Gasteiger partial charge in [-0.1, -0.05) is 35.5 Å². The van der Waals surface area contributed by atoms with E-state index in [1.54, 1.807) is 0 Å². The molecule has 0 aliphatic heterocycles. The van der Waals surface area contributed by atoms with E-state index in [-0.39, 0.29) is 0 Å². The number of aromatic nitrogens is 4. The van der Waals surface area contributed by atoms with Gasteiger partial charge >= 0.3 is 0 Å². The topological polar surface area (TPSA) is 56.7 Å². The van der Waals surface area contributed by atoms with Crippen LogP contribution in [-0.4, -0.2) is 19.9 Å². The molecule has 0 spiro atoms. The van der Waals surface area contributed by atoms with E-state index in [2.05, 4.69) is 34.3 Å². The van der Waals surface area contributed by atoms with Gasteiger partial charge in [0.1, 0.15) is 0 Å². The van der Waals surface area contributed by atoms with Gasteiger partial charge < -0.3 is 4.52 Å². The molecular weight excluding hydrogens is 264 g/mol. The smallest absolute Gasteiger partial charge is 0.231 e. The average molecular weight is 282 g/mol. The van der Waals surface area contributed by atoms with Crippen LogP contribution < -0.4 is 0 Å². The molecule has 0 unspecified atom stereocenters. The molecule has 1 aromatic carbocycles. The zero-order chi connectivity index (χ0) is 14.8. The van der Waals surface area contributed by atoms with Crippen molar-refractivity contribution in [1.82, 2.24) is 19.9 Å². The maximum Gasteiger partial charge on any atom is 0.231 e. The van der Waals surface area contributed by atoms with Crippen molar-refractivity contribution in [3.8, 4) is 0 Å². The van der Waals surface area contributed by atoms with E-state index < -0.39 is 0 Å². The third-order valence-electron chi connectivity index (χ3n) is 3.70. The van der Waals surface area contributed by atoms with Gasteiger partial charge in [0.2, 0.25) is 5.89 Å². The number of hydrogen-bond donors (Lipinski definition) is 0. The first-order chi connectivity index (χ1) is 10.1. The van der Waals surface area contributed by atoms with Gasteiger partial charge in [0.15, 0.2) is 5.82 Å². The highest BCUT2D eigenvalue weighted by atomic mass is 16.5. The van der Waals surface area contributed by atoms with Crippen LogP contribution in [-0.2, 0) is 19.9 Å². The Morgan fingerprint density at radius 1 is 1.10 bits per heavy atom. The van der Waals surface area contributed by atoms with Crippen LogP contribution >= 0.6 is 0 Å². The third-order valence-corrected chi connectivity index (χ3v) is 3.70. The molecule has 3 aromatic rings. The molecule has 2 heterocycles. The SMILES string of the molecule is Cc1nn(C)c(C)c1Cc1nc(Cc2ccccc2)no1. The van der Waals surface area contributed by atoms with Crippen molar-refractivity contribution in [2.45, 2.75) is 26.7 Å². The highest BCUT2D eigenvalue weighted by Crippen LogP contribution is 2.16. The van der Waals surface area contributed by atoms with Crippen molar-refractivity contribution in [3.05, 3.63) is 64.6 Å². The van der Waals surface area contributed by atoms with E-state index in [0.717, 1.165) is 22.8 Å². The first-order valence-electron chi connectivity index (χ1n) is 6.98. The summed E-state index contributed by atoms with van der Waals surface area (Å²) in [4.78, 5) is 4.48. The molecule has 0 radical (unpaired) electrons. The van der Waals surface area contributed by atoms with Crippen LogP contribution in [0.2, 0.25) is 0 Å². The van der Waals surface area contributed by atoms with E-state index in [1.165, 1.54) is 5.56 Å². The summed E-state index contributed by atoms with van der Waals surface area (Å²) < 4.78 is 7.24. The van der Waals surface area contributed by atoms with Gasteiger partial charge in [-0.25, -0.2) is 0 Å². The van der Waals surface area contributed by atoms with Gasteiger partial charge in [0.05, 0.1) is 12.1 Å². The van der Waals surface area contributed by atoms with Crippen molar-refractivity contribution in [1.29, 1.82) is 0 Å². The largest absolute Gasteiger partial charge is 0.339 e. The van der Waals surface area contributed by atoms with Gasteiger partial charge in [0, 0.05) is 24.7 Å². The summed E-state index contributed by atoms with van der Waals surface area (Å²) in [6, 6.07) is 10.1. The van der Waals surface area contributed by atoms with Crippen molar-refractivity contribution in [2.75, 3.05) is 0 Å². The fourth-order valence-electron chi connectivity index (χ4n) is 2.44. The monoisotopic (exact) mass is 282 g/mol. The summed E-state index contributed by atoms with van der Waals surface area (Å²) in [6.45, 7) is 4.06. The normalized spacial score (nSPS) is 11.0. The second kappa shape index (κ2) is 5.52. The van der Waals surface area contributed by atoms with Crippen LogP contribution in [0.25, 0.3) is 0 Å². The maximum atomic E-state index is 5.36.